The number of rotatable bonds is 1. The average molecular weight is 245 g/mol. The molecular formula is C10H5ClN6. The molecule has 0 spiro atoms. The van der Waals surface area contributed by atoms with Crippen LogP contribution in [-0.4, -0.2) is 14.8 Å². The Balaban J connectivity index is 2.62. The van der Waals surface area contributed by atoms with Crippen LogP contribution in [0.5, 0.6) is 0 Å². The molecule has 0 radical (unpaired) electrons. The maximum atomic E-state index is 8.86. The highest BCUT2D eigenvalue weighted by Crippen LogP contribution is 2.20. The molecular weight excluding hydrogens is 240 g/mol. The summed E-state index contributed by atoms with van der Waals surface area (Å²) in [5, 5.41) is 21.9. The Labute approximate surface area is 101 Å². The normalized spacial score (nSPS) is 9.59. The lowest BCUT2D eigenvalue weighted by Gasteiger charge is -2.02. The molecule has 2 rings (SSSR count). The van der Waals surface area contributed by atoms with Crippen LogP contribution in [0.2, 0.25) is 5.15 Å². The van der Waals surface area contributed by atoms with E-state index in [-0.39, 0.29) is 17.1 Å². The smallest absolute Gasteiger partial charge is 0.182 e. The van der Waals surface area contributed by atoms with Gasteiger partial charge in [-0.2, -0.15) is 15.6 Å². The Hall–Kier alpha value is -2.57. The summed E-state index contributed by atoms with van der Waals surface area (Å²) in [6.45, 7) is 0. The molecule has 0 saturated heterocycles. The van der Waals surface area contributed by atoms with Gasteiger partial charge in [-0.25, -0.2) is 9.67 Å². The highest BCUT2D eigenvalue weighted by Gasteiger charge is 2.16. The van der Waals surface area contributed by atoms with Crippen molar-refractivity contribution in [3.8, 4) is 17.8 Å². The Morgan fingerprint density at radius 1 is 1.29 bits per heavy atom. The lowest BCUT2D eigenvalue weighted by molar-refractivity contribution is 0.877. The molecule has 82 valence electrons. The highest BCUT2D eigenvalue weighted by molar-refractivity contribution is 6.29. The van der Waals surface area contributed by atoms with Crippen LogP contribution in [0, 0.1) is 22.7 Å². The molecule has 0 aliphatic rings. The first-order valence-corrected chi connectivity index (χ1v) is 4.85. The van der Waals surface area contributed by atoms with Gasteiger partial charge in [-0.3, -0.25) is 0 Å². The lowest BCUT2D eigenvalue weighted by atomic mass is 10.2. The van der Waals surface area contributed by atoms with Gasteiger partial charge in [0.05, 0.1) is 11.9 Å². The second-order valence-electron chi connectivity index (χ2n) is 3.08. The molecule has 2 heterocycles. The van der Waals surface area contributed by atoms with E-state index in [9.17, 15) is 0 Å². The molecule has 6 nitrogen and oxygen atoms in total. The summed E-state index contributed by atoms with van der Waals surface area (Å²) in [5.74, 6) is 0.105. The number of hydrogen-bond donors (Lipinski definition) is 1. The first-order chi connectivity index (χ1) is 8.17. The number of nitrogens with zero attached hydrogens (tertiary/aromatic N) is 5. The van der Waals surface area contributed by atoms with Gasteiger partial charge >= 0.3 is 0 Å². The Bertz CT molecular complexity index is 643. The number of nitrogens with two attached hydrogens (primary N) is 1. The number of pyridine rings is 1. The van der Waals surface area contributed by atoms with Crippen molar-refractivity contribution in [3.63, 3.8) is 0 Å². The molecule has 0 amide bonds. The first kappa shape index (κ1) is 10.9. The highest BCUT2D eigenvalue weighted by atomic mass is 35.5. The maximum Gasteiger partial charge on any atom is 0.182 e. The van der Waals surface area contributed by atoms with Gasteiger partial charge in [0, 0.05) is 0 Å². The zero-order chi connectivity index (χ0) is 12.4. The molecule has 2 aromatic heterocycles. The van der Waals surface area contributed by atoms with E-state index < -0.39 is 0 Å². The monoisotopic (exact) mass is 244 g/mol. The van der Waals surface area contributed by atoms with E-state index in [0.29, 0.717) is 10.8 Å². The second kappa shape index (κ2) is 4.12. The first-order valence-electron chi connectivity index (χ1n) is 4.48. The number of halogens is 1. The molecule has 0 saturated carbocycles. The molecule has 0 aliphatic heterocycles. The quantitative estimate of drug-likeness (QED) is 0.760. The second-order valence-corrected chi connectivity index (χ2v) is 3.47. The van der Waals surface area contributed by atoms with Crippen LogP contribution >= 0.6 is 11.6 Å². The molecule has 0 atom stereocenters. The van der Waals surface area contributed by atoms with E-state index in [2.05, 4.69) is 10.1 Å². The molecule has 0 aromatic carbocycles. The van der Waals surface area contributed by atoms with Crippen LogP contribution in [0.4, 0.5) is 5.82 Å². The van der Waals surface area contributed by atoms with E-state index >= 15 is 0 Å². The molecule has 7 heteroatoms. The molecule has 0 bridgehead atoms. The predicted octanol–water partition coefficient (Wildman–Crippen LogP) is 1.25. The van der Waals surface area contributed by atoms with Crippen LogP contribution in [0.25, 0.3) is 5.69 Å². The minimum atomic E-state index is -0.0139. The Morgan fingerprint density at radius 3 is 2.53 bits per heavy atom. The van der Waals surface area contributed by atoms with Gasteiger partial charge in [0.25, 0.3) is 0 Å². The van der Waals surface area contributed by atoms with Gasteiger partial charge in [-0.05, 0) is 12.1 Å². The van der Waals surface area contributed by atoms with E-state index in [1.54, 1.807) is 12.1 Å². The summed E-state index contributed by atoms with van der Waals surface area (Å²) in [6.07, 6.45) is 1.45. The van der Waals surface area contributed by atoms with Gasteiger partial charge in [0.15, 0.2) is 5.69 Å². The third kappa shape index (κ3) is 1.78. The van der Waals surface area contributed by atoms with Crippen molar-refractivity contribution in [2.24, 2.45) is 0 Å². The number of nitrogen functional groups attached to an aromatic ring is 1. The van der Waals surface area contributed by atoms with Crippen LogP contribution < -0.4 is 5.73 Å². The average Bonchev–Trinajstić information content (AvgIpc) is 2.66. The summed E-state index contributed by atoms with van der Waals surface area (Å²) in [7, 11) is 0. The van der Waals surface area contributed by atoms with E-state index in [4.69, 9.17) is 27.9 Å². The van der Waals surface area contributed by atoms with Crippen LogP contribution in [-0.2, 0) is 0 Å². The summed E-state index contributed by atoms with van der Waals surface area (Å²) >= 11 is 5.65. The van der Waals surface area contributed by atoms with Crippen molar-refractivity contribution in [2.45, 2.75) is 0 Å². The van der Waals surface area contributed by atoms with Crippen molar-refractivity contribution < 1.29 is 0 Å². The Morgan fingerprint density at radius 2 is 2.06 bits per heavy atom. The van der Waals surface area contributed by atoms with Crippen molar-refractivity contribution in [1.29, 1.82) is 10.5 Å². The fourth-order valence-electron chi connectivity index (χ4n) is 1.31. The van der Waals surface area contributed by atoms with Crippen LogP contribution in [0.3, 0.4) is 0 Å². The van der Waals surface area contributed by atoms with Crippen LogP contribution in [0.1, 0.15) is 11.3 Å². The molecule has 2 aromatic rings. The van der Waals surface area contributed by atoms with Gasteiger partial charge < -0.3 is 5.73 Å². The van der Waals surface area contributed by atoms with Crippen molar-refractivity contribution >= 4 is 17.4 Å². The number of hydrogen-bond acceptors (Lipinski definition) is 5. The standard InChI is InChI=1S/C10H5ClN6/c11-9-2-1-6(5-15-9)17-10(14)7(3-12)8(4-13)16-17/h1-2,5H,14H2. The number of aromatic nitrogens is 3. The summed E-state index contributed by atoms with van der Waals surface area (Å²) in [6, 6.07) is 6.85. The van der Waals surface area contributed by atoms with Crippen molar-refractivity contribution in [3.05, 3.63) is 34.7 Å². The third-order valence-electron chi connectivity index (χ3n) is 2.10. The van der Waals surface area contributed by atoms with E-state index in [1.807, 2.05) is 12.1 Å². The lowest BCUT2D eigenvalue weighted by Crippen LogP contribution is -2.02. The SMILES string of the molecule is N#Cc1nn(-c2ccc(Cl)nc2)c(N)c1C#N. The van der Waals surface area contributed by atoms with Crippen molar-refractivity contribution in [1.82, 2.24) is 14.8 Å². The van der Waals surface area contributed by atoms with Crippen LogP contribution in [0.15, 0.2) is 18.3 Å². The minimum absolute atomic E-state index is 0.0139. The van der Waals surface area contributed by atoms with Gasteiger partial charge in [-0.15, -0.1) is 0 Å². The largest absolute Gasteiger partial charge is 0.382 e. The molecule has 2 N–H and O–H groups in total. The van der Waals surface area contributed by atoms with Gasteiger partial charge in [-0.1, -0.05) is 11.6 Å². The topological polar surface area (TPSA) is 104 Å². The Kier molecular flexibility index (Phi) is 2.65. The zero-order valence-corrected chi connectivity index (χ0v) is 9.18. The number of nitriles is 2. The third-order valence-corrected chi connectivity index (χ3v) is 2.32. The zero-order valence-electron chi connectivity index (χ0n) is 8.42. The molecule has 0 fully saturated rings. The molecule has 0 aliphatic carbocycles. The predicted molar refractivity (Wildman–Crippen MR) is 60.2 cm³/mol. The van der Waals surface area contributed by atoms with Gasteiger partial charge in [0.1, 0.15) is 28.7 Å². The van der Waals surface area contributed by atoms with Gasteiger partial charge in [0.2, 0.25) is 0 Å². The summed E-state index contributed by atoms with van der Waals surface area (Å²) in [5.41, 5.74) is 6.30. The number of anilines is 1. The van der Waals surface area contributed by atoms with E-state index in [1.165, 1.54) is 10.9 Å². The summed E-state index contributed by atoms with van der Waals surface area (Å²) in [4.78, 5) is 3.87. The molecule has 17 heavy (non-hydrogen) atoms. The fourth-order valence-corrected chi connectivity index (χ4v) is 1.42. The minimum Gasteiger partial charge on any atom is -0.382 e. The van der Waals surface area contributed by atoms with Crippen molar-refractivity contribution in [2.75, 3.05) is 5.73 Å². The molecule has 0 unspecified atom stereocenters. The maximum absolute atomic E-state index is 8.86. The fraction of sp³-hybridized carbons (Fsp3) is 0. The summed E-state index contributed by atoms with van der Waals surface area (Å²) < 4.78 is 1.28. The van der Waals surface area contributed by atoms with E-state index in [0.717, 1.165) is 0 Å².